The molecule has 0 atom stereocenters. The predicted molar refractivity (Wildman–Crippen MR) is 139 cm³/mol. The monoisotopic (exact) mass is 561 g/mol. The van der Waals surface area contributed by atoms with Gasteiger partial charge in [-0.3, -0.25) is 4.98 Å². The molecule has 7 nitrogen and oxygen atoms in total. The fraction of sp³-hybridized carbons (Fsp3) is 0.214. The Morgan fingerprint density at radius 3 is 2.18 bits per heavy atom. The molecule has 0 radical (unpaired) electrons. The highest BCUT2D eigenvalue weighted by molar-refractivity contribution is 6.33. The van der Waals surface area contributed by atoms with Gasteiger partial charge in [0.2, 0.25) is 0 Å². The molecule has 3 aromatic carbocycles. The molecule has 1 heterocycles. The average Bonchev–Trinajstić information content (AvgIpc) is 2.88. The first-order chi connectivity index (χ1) is 18.6. The predicted octanol–water partition coefficient (Wildman–Crippen LogP) is 8.49. The van der Waals surface area contributed by atoms with Crippen molar-refractivity contribution in [2.24, 2.45) is 0 Å². The maximum absolute atomic E-state index is 12.5. The average molecular weight is 562 g/mol. The molecule has 0 saturated heterocycles. The molecule has 0 fully saturated rings. The van der Waals surface area contributed by atoms with Crippen molar-refractivity contribution in [3.8, 4) is 39.9 Å². The lowest BCUT2D eigenvalue weighted by molar-refractivity contribution is -0.274. The summed E-state index contributed by atoms with van der Waals surface area (Å²) in [6.45, 7) is 3.83. The molecule has 1 aromatic heterocycles. The number of carbonyl (C=O) groups excluding carboxylic acids is 1. The third-order valence-corrected chi connectivity index (χ3v) is 5.73. The molecule has 0 aliphatic carbocycles. The highest BCUT2D eigenvalue weighted by Gasteiger charge is 2.31. The van der Waals surface area contributed by atoms with Crippen molar-refractivity contribution in [3.63, 3.8) is 0 Å². The topological polar surface area (TPSA) is 76.1 Å². The lowest BCUT2D eigenvalue weighted by atomic mass is 10.00. The molecule has 0 N–H and O–H groups in total. The van der Waals surface area contributed by atoms with Crippen LogP contribution in [0.5, 0.6) is 28.7 Å². The number of alkyl halides is 3. The third-order valence-electron chi connectivity index (χ3n) is 5.44. The van der Waals surface area contributed by atoms with E-state index in [2.05, 4.69) is 9.72 Å². The number of aromatic nitrogens is 1. The molecule has 0 spiro atoms. The van der Waals surface area contributed by atoms with Crippen molar-refractivity contribution < 1.29 is 41.7 Å². The van der Waals surface area contributed by atoms with Crippen LogP contribution in [0.4, 0.5) is 18.0 Å². The number of aryl methyl sites for hydroxylation is 1. The molecular formula is C28H23ClF3NO6. The fourth-order valence-electron chi connectivity index (χ4n) is 3.79. The summed E-state index contributed by atoms with van der Waals surface area (Å²) in [6.07, 6.45) is -5.02. The number of pyridine rings is 1. The number of fused-ring (bicyclic) bond motifs is 1. The molecular weight excluding hydrogens is 539 g/mol. The van der Waals surface area contributed by atoms with Crippen LogP contribution >= 0.6 is 11.6 Å². The summed E-state index contributed by atoms with van der Waals surface area (Å²) in [4.78, 5) is 17.1. The second kappa shape index (κ2) is 11.7. The van der Waals surface area contributed by atoms with Gasteiger partial charge >= 0.3 is 12.5 Å². The van der Waals surface area contributed by atoms with Crippen LogP contribution < -0.4 is 18.9 Å². The smallest absolute Gasteiger partial charge is 0.495 e. The Hall–Kier alpha value is -4.18. The zero-order valence-corrected chi connectivity index (χ0v) is 21.9. The van der Waals surface area contributed by atoms with Crippen molar-refractivity contribution in [2.75, 3.05) is 13.7 Å². The van der Waals surface area contributed by atoms with Crippen LogP contribution in [0.1, 0.15) is 19.0 Å². The molecule has 0 aliphatic rings. The van der Waals surface area contributed by atoms with Crippen LogP contribution in [0.3, 0.4) is 0 Å². The number of hydrogen-bond donors (Lipinski definition) is 0. The minimum Gasteiger partial charge on any atom is -0.495 e. The van der Waals surface area contributed by atoms with Crippen LogP contribution in [0.25, 0.3) is 22.0 Å². The van der Waals surface area contributed by atoms with Crippen molar-refractivity contribution in [2.45, 2.75) is 26.6 Å². The Morgan fingerprint density at radius 1 is 0.974 bits per heavy atom. The minimum absolute atomic E-state index is 0.195. The van der Waals surface area contributed by atoms with Crippen molar-refractivity contribution in [3.05, 3.63) is 71.4 Å². The highest BCUT2D eigenvalue weighted by atomic mass is 35.5. The van der Waals surface area contributed by atoms with E-state index < -0.39 is 12.5 Å². The number of methoxy groups -OCH3 is 1. The summed E-state index contributed by atoms with van der Waals surface area (Å²) in [5.41, 5.74) is 2.28. The molecule has 4 rings (SSSR count). The highest BCUT2D eigenvalue weighted by Crippen LogP contribution is 2.42. The molecule has 204 valence electrons. The van der Waals surface area contributed by atoms with Crippen molar-refractivity contribution in [1.29, 1.82) is 0 Å². The largest absolute Gasteiger partial charge is 0.573 e. The number of hydrogen-bond acceptors (Lipinski definition) is 7. The Morgan fingerprint density at radius 2 is 1.59 bits per heavy atom. The van der Waals surface area contributed by atoms with Crippen LogP contribution in [0, 0.1) is 6.92 Å². The van der Waals surface area contributed by atoms with E-state index in [-0.39, 0.29) is 18.1 Å². The van der Waals surface area contributed by atoms with Gasteiger partial charge in [0.25, 0.3) is 0 Å². The number of rotatable bonds is 8. The first kappa shape index (κ1) is 27.8. The second-order valence-electron chi connectivity index (χ2n) is 8.25. The number of halogens is 4. The summed E-state index contributed by atoms with van der Waals surface area (Å²) < 4.78 is 62.9. The number of nitrogens with zero attached hydrogens (tertiary/aromatic N) is 1. The second-order valence-corrected chi connectivity index (χ2v) is 8.66. The van der Waals surface area contributed by atoms with Crippen molar-refractivity contribution >= 4 is 28.7 Å². The maximum Gasteiger partial charge on any atom is 0.573 e. The molecule has 0 amide bonds. The zero-order valence-electron chi connectivity index (χ0n) is 21.1. The van der Waals surface area contributed by atoms with Gasteiger partial charge in [-0.05, 0) is 61.4 Å². The first-order valence-corrected chi connectivity index (χ1v) is 12.1. The quantitative estimate of drug-likeness (QED) is 0.200. The van der Waals surface area contributed by atoms with Crippen LogP contribution in [-0.4, -0.2) is 31.2 Å². The van der Waals surface area contributed by atoms with Gasteiger partial charge in [-0.15, -0.1) is 13.2 Å². The van der Waals surface area contributed by atoms with Gasteiger partial charge in [0.15, 0.2) is 5.75 Å². The number of benzene rings is 3. The molecule has 39 heavy (non-hydrogen) atoms. The van der Waals surface area contributed by atoms with Crippen LogP contribution in [0.15, 0.2) is 60.7 Å². The lowest BCUT2D eigenvalue weighted by Crippen LogP contribution is -2.16. The van der Waals surface area contributed by atoms with E-state index in [9.17, 15) is 18.0 Å². The van der Waals surface area contributed by atoms with Crippen LogP contribution in [0.2, 0.25) is 5.02 Å². The van der Waals surface area contributed by atoms with Gasteiger partial charge < -0.3 is 23.7 Å². The van der Waals surface area contributed by atoms with Gasteiger partial charge in [0.05, 0.1) is 24.3 Å². The van der Waals surface area contributed by atoms with Gasteiger partial charge in [0.1, 0.15) is 23.0 Å². The first-order valence-electron chi connectivity index (χ1n) is 11.7. The standard InChI is InChI=1S/C28H23ClF3NO6/c1-4-13-36-27(34)38-26-21-14-22(29)24(35-3)15-23(21)33-16(2)25(26)17-5-7-18(8-6-17)37-19-9-11-20(12-10-19)39-28(30,31)32/h5-12,14-15H,4,13H2,1-3H3. The Labute approximate surface area is 227 Å². The third kappa shape index (κ3) is 6.83. The lowest BCUT2D eigenvalue weighted by Gasteiger charge is -2.17. The molecule has 4 aromatic rings. The van der Waals surface area contributed by atoms with E-state index in [0.717, 1.165) is 12.1 Å². The van der Waals surface area contributed by atoms with Gasteiger partial charge in [0, 0.05) is 22.7 Å². The minimum atomic E-state index is -4.78. The normalized spacial score (nSPS) is 11.3. The summed E-state index contributed by atoms with van der Waals surface area (Å²) >= 11 is 6.37. The van der Waals surface area contributed by atoms with E-state index in [0.29, 0.717) is 56.4 Å². The molecule has 0 saturated carbocycles. The molecule has 0 bridgehead atoms. The van der Waals surface area contributed by atoms with E-state index in [1.54, 1.807) is 43.3 Å². The Bertz CT molecular complexity index is 1470. The van der Waals surface area contributed by atoms with Gasteiger partial charge in [-0.25, -0.2) is 4.79 Å². The number of ether oxygens (including phenoxy) is 5. The summed E-state index contributed by atoms with van der Waals surface area (Å²) in [5.74, 6) is 1.02. The summed E-state index contributed by atoms with van der Waals surface area (Å²) in [6, 6.07) is 15.1. The Balaban J connectivity index is 1.68. The van der Waals surface area contributed by atoms with Crippen LogP contribution in [-0.2, 0) is 4.74 Å². The van der Waals surface area contributed by atoms with E-state index in [4.69, 9.17) is 30.5 Å². The molecule has 0 unspecified atom stereocenters. The Kier molecular flexibility index (Phi) is 8.35. The molecule has 0 aliphatic heterocycles. The fourth-order valence-corrected chi connectivity index (χ4v) is 4.03. The van der Waals surface area contributed by atoms with Gasteiger partial charge in [-0.1, -0.05) is 30.7 Å². The van der Waals surface area contributed by atoms with Gasteiger partial charge in [-0.2, -0.15) is 0 Å². The van der Waals surface area contributed by atoms with E-state index >= 15 is 0 Å². The SMILES string of the molecule is CCCOC(=O)Oc1c(-c2ccc(Oc3ccc(OC(F)(F)F)cc3)cc2)c(C)nc2cc(OC)c(Cl)cc12. The van der Waals surface area contributed by atoms with Crippen molar-refractivity contribution in [1.82, 2.24) is 4.98 Å². The number of carbonyl (C=O) groups is 1. The maximum atomic E-state index is 12.5. The summed E-state index contributed by atoms with van der Waals surface area (Å²) in [5, 5.41) is 0.792. The van der Waals surface area contributed by atoms with E-state index in [1.165, 1.54) is 19.2 Å². The zero-order chi connectivity index (χ0) is 28.2. The summed E-state index contributed by atoms with van der Waals surface area (Å²) in [7, 11) is 1.49. The molecule has 11 heteroatoms. The van der Waals surface area contributed by atoms with E-state index in [1.807, 2.05) is 6.92 Å².